The van der Waals surface area contributed by atoms with Crippen molar-refractivity contribution < 1.29 is 19.0 Å². The molecular weight excluding hydrogens is 306 g/mol. The Balaban J connectivity index is 2.22. The van der Waals surface area contributed by atoms with E-state index in [1.54, 1.807) is 25.4 Å². The molecule has 0 bridgehead atoms. The summed E-state index contributed by atoms with van der Waals surface area (Å²) in [4.78, 5) is 15.8. The third-order valence-corrected chi connectivity index (χ3v) is 3.13. The molecule has 0 N–H and O–H groups in total. The van der Waals surface area contributed by atoms with Crippen molar-refractivity contribution in [3.63, 3.8) is 0 Å². The quantitative estimate of drug-likeness (QED) is 0.762. The minimum Gasteiger partial charge on any atom is -0.493 e. The standard InChI is InChI=1S/C16H16ClNO4/c1-3-21-16(19)12-7-13(17)15(14(8-12)20-2)22-10-11-5-4-6-18-9-11/h4-9H,3,10H2,1-2H3. The lowest BCUT2D eigenvalue weighted by Crippen LogP contribution is -2.06. The monoisotopic (exact) mass is 321 g/mol. The first kappa shape index (κ1) is 16.1. The predicted molar refractivity (Wildman–Crippen MR) is 82.5 cm³/mol. The van der Waals surface area contributed by atoms with E-state index < -0.39 is 5.97 Å². The van der Waals surface area contributed by atoms with Crippen LogP contribution in [0.5, 0.6) is 11.5 Å². The molecule has 2 rings (SSSR count). The number of pyridine rings is 1. The van der Waals surface area contributed by atoms with Crippen molar-refractivity contribution in [1.82, 2.24) is 4.98 Å². The first-order chi connectivity index (χ1) is 10.7. The van der Waals surface area contributed by atoms with E-state index in [4.69, 9.17) is 25.8 Å². The lowest BCUT2D eigenvalue weighted by atomic mass is 10.2. The van der Waals surface area contributed by atoms with Gasteiger partial charge in [0.2, 0.25) is 0 Å². The van der Waals surface area contributed by atoms with Crippen molar-refractivity contribution >= 4 is 17.6 Å². The second-order valence-corrected chi connectivity index (χ2v) is 4.77. The molecule has 1 aromatic carbocycles. The van der Waals surface area contributed by atoms with E-state index in [0.29, 0.717) is 23.7 Å². The number of aromatic nitrogens is 1. The summed E-state index contributed by atoms with van der Waals surface area (Å²) in [5.74, 6) is 0.294. The molecule has 0 aliphatic carbocycles. The smallest absolute Gasteiger partial charge is 0.338 e. The summed E-state index contributed by atoms with van der Waals surface area (Å²) in [6.45, 7) is 2.32. The minimum atomic E-state index is -0.457. The molecule has 0 saturated heterocycles. The van der Waals surface area contributed by atoms with Crippen LogP contribution in [0.3, 0.4) is 0 Å². The van der Waals surface area contributed by atoms with Crippen LogP contribution < -0.4 is 9.47 Å². The highest BCUT2D eigenvalue weighted by Crippen LogP contribution is 2.37. The second kappa shape index (κ2) is 7.66. The maximum absolute atomic E-state index is 11.8. The van der Waals surface area contributed by atoms with Crippen molar-refractivity contribution in [3.05, 3.63) is 52.8 Å². The zero-order valence-corrected chi connectivity index (χ0v) is 13.1. The molecule has 0 amide bonds. The summed E-state index contributed by atoms with van der Waals surface area (Å²) >= 11 is 6.20. The Hall–Kier alpha value is -2.27. The molecule has 2 aromatic rings. The number of hydrogen-bond donors (Lipinski definition) is 0. The average Bonchev–Trinajstić information content (AvgIpc) is 2.54. The Labute approximate surface area is 133 Å². The fourth-order valence-electron chi connectivity index (χ4n) is 1.83. The molecule has 6 heteroatoms. The molecule has 0 radical (unpaired) electrons. The summed E-state index contributed by atoms with van der Waals surface area (Å²) in [6.07, 6.45) is 3.39. The van der Waals surface area contributed by atoms with Crippen LogP contribution in [0.4, 0.5) is 0 Å². The molecule has 5 nitrogen and oxygen atoms in total. The zero-order valence-electron chi connectivity index (χ0n) is 12.3. The van der Waals surface area contributed by atoms with Crippen LogP contribution in [0.25, 0.3) is 0 Å². The zero-order chi connectivity index (χ0) is 15.9. The van der Waals surface area contributed by atoms with Gasteiger partial charge in [0.1, 0.15) is 6.61 Å². The highest BCUT2D eigenvalue weighted by atomic mass is 35.5. The minimum absolute atomic E-state index is 0.284. The van der Waals surface area contributed by atoms with Gasteiger partial charge in [0, 0.05) is 18.0 Å². The van der Waals surface area contributed by atoms with Gasteiger partial charge in [0.15, 0.2) is 11.5 Å². The number of carbonyl (C=O) groups is 1. The van der Waals surface area contributed by atoms with E-state index in [9.17, 15) is 4.79 Å². The van der Waals surface area contributed by atoms with Gasteiger partial charge < -0.3 is 14.2 Å². The van der Waals surface area contributed by atoms with E-state index in [-0.39, 0.29) is 11.6 Å². The van der Waals surface area contributed by atoms with Crippen molar-refractivity contribution in [2.75, 3.05) is 13.7 Å². The average molecular weight is 322 g/mol. The molecule has 1 heterocycles. The van der Waals surface area contributed by atoms with E-state index in [2.05, 4.69) is 4.98 Å². The van der Waals surface area contributed by atoms with E-state index in [0.717, 1.165) is 5.56 Å². The normalized spacial score (nSPS) is 10.1. The third-order valence-electron chi connectivity index (χ3n) is 2.85. The number of benzene rings is 1. The summed E-state index contributed by atoms with van der Waals surface area (Å²) in [5, 5.41) is 0.284. The van der Waals surface area contributed by atoms with Crippen LogP contribution in [-0.4, -0.2) is 24.7 Å². The molecule has 0 saturated carbocycles. The van der Waals surface area contributed by atoms with Crippen LogP contribution in [-0.2, 0) is 11.3 Å². The summed E-state index contributed by atoms with van der Waals surface area (Å²) in [6, 6.07) is 6.75. The lowest BCUT2D eigenvalue weighted by Gasteiger charge is -2.13. The summed E-state index contributed by atoms with van der Waals surface area (Å²) < 4.78 is 15.9. The molecular formula is C16H16ClNO4. The Bertz CT molecular complexity index is 646. The maximum Gasteiger partial charge on any atom is 0.338 e. The highest BCUT2D eigenvalue weighted by molar-refractivity contribution is 6.32. The molecule has 0 spiro atoms. The van der Waals surface area contributed by atoms with E-state index in [1.165, 1.54) is 13.2 Å². The highest BCUT2D eigenvalue weighted by Gasteiger charge is 2.16. The van der Waals surface area contributed by atoms with Gasteiger partial charge in [-0.25, -0.2) is 4.79 Å². The number of methoxy groups -OCH3 is 1. The molecule has 116 valence electrons. The molecule has 0 fully saturated rings. The van der Waals surface area contributed by atoms with Gasteiger partial charge in [-0.05, 0) is 25.1 Å². The molecule has 22 heavy (non-hydrogen) atoms. The number of nitrogens with zero attached hydrogens (tertiary/aromatic N) is 1. The van der Waals surface area contributed by atoms with Gasteiger partial charge in [0.05, 0.1) is 24.3 Å². The van der Waals surface area contributed by atoms with Crippen LogP contribution in [0.1, 0.15) is 22.8 Å². The largest absolute Gasteiger partial charge is 0.493 e. The van der Waals surface area contributed by atoms with Gasteiger partial charge >= 0.3 is 5.97 Å². The van der Waals surface area contributed by atoms with Gasteiger partial charge in [-0.3, -0.25) is 4.98 Å². The van der Waals surface area contributed by atoms with Crippen molar-refractivity contribution in [2.45, 2.75) is 13.5 Å². The van der Waals surface area contributed by atoms with E-state index in [1.807, 2.05) is 12.1 Å². The van der Waals surface area contributed by atoms with Crippen molar-refractivity contribution in [2.24, 2.45) is 0 Å². The molecule has 0 unspecified atom stereocenters. The van der Waals surface area contributed by atoms with Crippen LogP contribution in [0.2, 0.25) is 5.02 Å². The number of ether oxygens (including phenoxy) is 3. The van der Waals surface area contributed by atoms with Gasteiger partial charge in [0.25, 0.3) is 0 Å². The fraction of sp³-hybridized carbons (Fsp3) is 0.250. The van der Waals surface area contributed by atoms with Gasteiger partial charge in [-0.15, -0.1) is 0 Å². The topological polar surface area (TPSA) is 57.7 Å². The molecule has 0 aliphatic heterocycles. The van der Waals surface area contributed by atoms with Crippen molar-refractivity contribution in [1.29, 1.82) is 0 Å². The number of rotatable bonds is 6. The Morgan fingerprint density at radius 2 is 2.18 bits per heavy atom. The van der Waals surface area contributed by atoms with E-state index >= 15 is 0 Å². The summed E-state index contributed by atoms with van der Waals surface area (Å²) in [5.41, 5.74) is 1.22. The number of carbonyl (C=O) groups excluding carboxylic acids is 1. The predicted octanol–water partition coefficient (Wildman–Crippen LogP) is 3.50. The SMILES string of the molecule is CCOC(=O)c1cc(Cl)c(OCc2cccnc2)c(OC)c1. The van der Waals surface area contributed by atoms with Crippen molar-refractivity contribution in [3.8, 4) is 11.5 Å². The summed E-state index contributed by atoms with van der Waals surface area (Å²) in [7, 11) is 1.48. The number of hydrogen-bond acceptors (Lipinski definition) is 5. The Kier molecular flexibility index (Phi) is 5.61. The first-order valence-electron chi connectivity index (χ1n) is 6.72. The molecule has 0 aliphatic rings. The van der Waals surface area contributed by atoms with Gasteiger partial charge in [-0.1, -0.05) is 17.7 Å². The Morgan fingerprint density at radius 3 is 2.82 bits per heavy atom. The fourth-order valence-corrected chi connectivity index (χ4v) is 2.10. The van der Waals surface area contributed by atoms with Gasteiger partial charge in [-0.2, -0.15) is 0 Å². The lowest BCUT2D eigenvalue weighted by molar-refractivity contribution is 0.0526. The maximum atomic E-state index is 11.8. The van der Waals surface area contributed by atoms with Crippen LogP contribution >= 0.6 is 11.6 Å². The van der Waals surface area contributed by atoms with Crippen LogP contribution in [0.15, 0.2) is 36.7 Å². The molecule has 1 aromatic heterocycles. The van der Waals surface area contributed by atoms with Crippen LogP contribution in [0, 0.1) is 0 Å². The third kappa shape index (κ3) is 3.89. The second-order valence-electron chi connectivity index (χ2n) is 4.36. The molecule has 0 atom stereocenters. The number of halogens is 1. The Morgan fingerprint density at radius 1 is 1.36 bits per heavy atom. The number of esters is 1. The first-order valence-corrected chi connectivity index (χ1v) is 7.09.